The molecule has 0 bridgehead atoms. The number of allylic oxidation sites excluding steroid dienone is 1. The summed E-state index contributed by atoms with van der Waals surface area (Å²) < 4.78 is 0. The highest BCUT2D eigenvalue weighted by molar-refractivity contribution is 5.25. The molecule has 0 heterocycles. The normalized spacial score (nSPS) is 54.3. The topological polar surface area (TPSA) is 0 Å². The fraction of sp³-hybridized carbons (Fsp3) is 0.882. The maximum Gasteiger partial charge on any atom is -0.00597 e. The van der Waals surface area contributed by atoms with Crippen molar-refractivity contribution < 1.29 is 0 Å². The second-order valence-electron chi connectivity index (χ2n) is 7.67. The van der Waals surface area contributed by atoms with E-state index in [0.717, 1.165) is 17.8 Å². The quantitative estimate of drug-likeness (QED) is 0.504. The highest BCUT2D eigenvalue weighted by Gasteiger charge is 2.59. The molecular formula is C17H28. The summed E-state index contributed by atoms with van der Waals surface area (Å²) in [4.78, 5) is 0. The molecule has 0 saturated heterocycles. The van der Waals surface area contributed by atoms with E-state index in [2.05, 4.69) is 27.4 Å². The molecule has 0 nitrogen and oxygen atoms in total. The molecule has 0 aromatic heterocycles. The van der Waals surface area contributed by atoms with Gasteiger partial charge in [-0.05, 0) is 47.8 Å². The molecule has 0 aromatic carbocycles. The van der Waals surface area contributed by atoms with Gasteiger partial charge in [0.15, 0.2) is 0 Å². The average molecular weight is 232 g/mol. The summed E-state index contributed by atoms with van der Waals surface area (Å²) in [7, 11) is 0. The summed E-state index contributed by atoms with van der Waals surface area (Å²) in [5.41, 5.74) is 2.56. The van der Waals surface area contributed by atoms with Gasteiger partial charge < -0.3 is 0 Å². The first-order valence-electron chi connectivity index (χ1n) is 7.65. The van der Waals surface area contributed by atoms with Crippen molar-refractivity contribution in [2.75, 3.05) is 0 Å². The third-order valence-corrected chi connectivity index (χ3v) is 7.10. The van der Waals surface area contributed by atoms with Gasteiger partial charge in [-0.15, -0.1) is 0 Å². The van der Waals surface area contributed by atoms with E-state index in [9.17, 15) is 0 Å². The van der Waals surface area contributed by atoms with Gasteiger partial charge in [0.2, 0.25) is 0 Å². The van der Waals surface area contributed by atoms with Gasteiger partial charge in [-0.25, -0.2) is 0 Å². The van der Waals surface area contributed by atoms with Crippen molar-refractivity contribution in [2.24, 2.45) is 28.6 Å². The van der Waals surface area contributed by atoms with E-state index in [1.807, 2.05) is 0 Å². The minimum Gasteiger partial charge on any atom is -0.0993 e. The van der Waals surface area contributed by atoms with Gasteiger partial charge in [0, 0.05) is 0 Å². The Morgan fingerprint density at radius 1 is 1.06 bits per heavy atom. The second-order valence-corrected chi connectivity index (χ2v) is 7.67. The van der Waals surface area contributed by atoms with Gasteiger partial charge in [0.05, 0.1) is 0 Å². The molecule has 17 heavy (non-hydrogen) atoms. The third kappa shape index (κ3) is 1.42. The van der Waals surface area contributed by atoms with Gasteiger partial charge >= 0.3 is 0 Å². The van der Waals surface area contributed by atoms with Gasteiger partial charge in [0.1, 0.15) is 0 Å². The van der Waals surface area contributed by atoms with Crippen molar-refractivity contribution in [3.05, 3.63) is 12.2 Å². The van der Waals surface area contributed by atoms with Crippen LogP contribution in [0.25, 0.3) is 0 Å². The predicted molar refractivity (Wildman–Crippen MR) is 73.8 cm³/mol. The predicted octanol–water partition coefficient (Wildman–Crippen LogP) is 5.20. The molecule has 0 amide bonds. The Labute approximate surface area is 107 Å². The minimum atomic E-state index is 0.449. The summed E-state index contributed by atoms with van der Waals surface area (Å²) in [6.45, 7) is 12.0. The molecule has 3 rings (SSSR count). The fourth-order valence-corrected chi connectivity index (χ4v) is 5.46. The van der Waals surface area contributed by atoms with E-state index in [1.54, 1.807) is 5.57 Å². The van der Waals surface area contributed by atoms with Crippen LogP contribution in [0, 0.1) is 28.6 Å². The van der Waals surface area contributed by atoms with E-state index in [0.29, 0.717) is 10.8 Å². The Hall–Kier alpha value is -0.260. The van der Waals surface area contributed by atoms with E-state index in [4.69, 9.17) is 0 Å². The molecule has 96 valence electrons. The lowest BCUT2D eigenvalue weighted by Crippen LogP contribution is -2.47. The van der Waals surface area contributed by atoms with Gasteiger partial charge in [-0.3, -0.25) is 0 Å². The maximum atomic E-state index is 4.44. The lowest BCUT2D eigenvalue weighted by atomic mass is 9.49. The third-order valence-electron chi connectivity index (χ3n) is 7.10. The number of hydrogen-bond donors (Lipinski definition) is 0. The Morgan fingerprint density at radius 2 is 1.65 bits per heavy atom. The van der Waals surface area contributed by atoms with Crippen LogP contribution in [0.15, 0.2) is 12.2 Å². The van der Waals surface area contributed by atoms with Crippen LogP contribution in [0.1, 0.15) is 65.7 Å². The molecule has 0 spiro atoms. The monoisotopic (exact) mass is 232 g/mol. The van der Waals surface area contributed by atoms with Crippen molar-refractivity contribution in [3.63, 3.8) is 0 Å². The minimum absolute atomic E-state index is 0.449. The fourth-order valence-electron chi connectivity index (χ4n) is 5.46. The zero-order valence-corrected chi connectivity index (χ0v) is 11.9. The molecular weight excluding hydrogens is 204 g/mol. The first-order valence-corrected chi connectivity index (χ1v) is 7.65. The second kappa shape index (κ2) is 3.62. The molecule has 3 saturated carbocycles. The first kappa shape index (κ1) is 11.8. The summed E-state index contributed by atoms with van der Waals surface area (Å²) in [5, 5.41) is 0. The highest BCUT2D eigenvalue weighted by Crippen LogP contribution is 2.68. The van der Waals surface area contributed by atoms with Crippen LogP contribution in [0.2, 0.25) is 0 Å². The number of rotatable bonds is 0. The molecule has 0 radical (unpaired) electrons. The summed E-state index contributed by atoms with van der Waals surface area (Å²) >= 11 is 0. The van der Waals surface area contributed by atoms with Crippen LogP contribution in [0.5, 0.6) is 0 Å². The average Bonchev–Trinajstić information content (AvgIpc) is 2.45. The standard InChI is InChI=1S/C17H28/c1-12-9-13(2)17(4)11-15-8-6-5-7-14(15)10-16(12,17)3/h13-15H,1,5-11H2,2-4H3. The van der Waals surface area contributed by atoms with Crippen molar-refractivity contribution >= 4 is 0 Å². The summed E-state index contributed by atoms with van der Waals surface area (Å²) in [5.74, 6) is 2.90. The molecule has 5 unspecified atom stereocenters. The lowest BCUT2D eigenvalue weighted by Gasteiger charge is -2.55. The SMILES string of the molecule is C=C1CC(C)C2(C)CC3CCCCC3CC12C. The Kier molecular flexibility index (Phi) is 2.51. The van der Waals surface area contributed by atoms with Crippen molar-refractivity contribution in [3.8, 4) is 0 Å². The van der Waals surface area contributed by atoms with Gasteiger partial charge in [-0.1, -0.05) is 58.6 Å². The Morgan fingerprint density at radius 3 is 2.29 bits per heavy atom. The van der Waals surface area contributed by atoms with E-state index in [-0.39, 0.29) is 0 Å². The molecule has 3 fully saturated rings. The lowest BCUT2D eigenvalue weighted by molar-refractivity contribution is -0.0382. The molecule has 0 aromatic rings. The Bertz CT molecular complexity index is 342. The maximum absolute atomic E-state index is 4.44. The van der Waals surface area contributed by atoms with Crippen LogP contribution < -0.4 is 0 Å². The van der Waals surface area contributed by atoms with Crippen LogP contribution in [-0.4, -0.2) is 0 Å². The number of hydrogen-bond acceptors (Lipinski definition) is 0. The van der Waals surface area contributed by atoms with E-state index >= 15 is 0 Å². The molecule has 0 heteroatoms. The Balaban J connectivity index is 1.95. The molecule has 3 aliphatic rings. The van der Waals surface area contributed by atoms with E-state index < -0.39 is 0 Å². The van der Waals surface area contributed by atoms with Crippen LogP contribution in [-0.2, 0) is 0 Å². The van der Waals surface area contributed by atoms with Crippen molar-refractivity contribution in [1.29, 1.82) is 0 Å². The van der Waals surface area contributed by atoms with Crippen LogP contribution >= 0.6 is 0 Å². The van der Waals surface area contributed by atoms with Crippen molar-refractivity contribution in [1.82, 2.24) is 0 Å². The zero-order valence-electron chi connectivity index (χ0n) is 11.9. The largest absolute Gasteiger partial charge is 0.0993 e. The summed E-state index contributed by atoms with van der Waals surface area (Å²) in [6, 6.07) is 0. The number of fused-ring (bicyclic) bond motifs is 2. The zero-order chi connectivity index (χ0) is 12.3. The van der Waals surface area contributed by atoms with Crippen LogP contribution in [0.3, 0.4) is 0 Å². The first-order chi connectivity index (χ1) is 7.97. The molecule has 3 aliphatic carbocycles. The van der Waals surface area contributed by atoms with Crippen LogP contribution in [0.4, 0.5) is 0 Å². The molecule has 0 aliphatic heterocycles. The molecule has 0 N–H and O–H groups in total. The smallest absolute Gasteiger partial charge is 0.00597 e. The van der Waals surface area contributed by atoms with Crippen molar-refractivity contribution in [2.45, 2.75) is 65.7 Å². The molecule has 5 atom stereocenters. The van der Waals surface area contributed by atoms with Gasteiger partial charge in [0.25, 0.3) is 0 Å². The summed E-state index contributed by atoms with van der Waals surface area (Å²) in [6.07, 6.45) is 10.2. The van der Waals surface area contributed by atoms with Gasteiger partial charge in [-0.2, -0.15) is 0 Å². The highest BCUT2D eigenvalue weighted by atomic mass is 14.6. The van der Waals surface area contributed by atoms with E-state index in [1.165, 1.54) is 44.9 Å².